The molecule has 0 saturated heterocycles. The van der Waals surface area contributed by atoms with Gasteiger partial charge in [0.15, 0.2) is 9.84 Å². The number of halogens is 3. The van der Waals surface area contributed by atoms with E-state index in [4.69, 9.17) is 21.4 Å². The number of carbonyl (C=O) groups is 2. The summed E-state index contributed by atoms with van der Waals surface area (Å²) in [6, 6.07) is -1.10. The van der Waals surface area contributed by atoms with E-state index in [0.29, 0.717) is 12.8 Å². The summed E-state index contributed by atoms with van der Waals surface area (Å²) in [5.41, 5.74) is 10.3. The summed E-state index contributed by atoms with van der Waals surface area (Å²) >= 11 is 0. The number of carbonyl (C=O) groups excluding carboxylic acids is 1. The van der Waals surface area contributed by atoms with E-state index in [1.54, 1.807) is 0 Å². The van der Waals surface area contributed by atoms with Crippen LogP contribution in [-0.2, 0) is 19.4 Å². The molecular weight excluding hydrogens is 341 g/mol. The van der Waals surface area contributed by atoms with Crippen LogP contribution in [0, 0.1) is 0 Å². The lowest BCUT2D eigenvalue weighted by atomic mass is 10.2. The number of alkyl halides is 3. The molecule has 23 heavy (non-hydrogen) atoms. The molecule has 0 saturated carbocycles. The highest BCUT2D eigenvalue weighted by Gasteiger charge is 2.38. The summed E-state index contributed by atoms with van der Waals surface area (Å²) in [6.07, 6.45) is -2.26. The zero-order valence-electron chi connectivity index (χ0n) is 13.0. The molecule has 0 rings (SSSR count). The average Bonchev–Trinajstić information content (AvgIpc) is 2.37. The summed E-state index contributed by atoms with van der Waals surface area (Å²) < 4.78 is 55.6. The van der Waals surface area contributed by atoms with Gasteiger partial charge in [-0.2, -0.15) is 13.2 Å². The van der Waals surface area contributed by atoms with Crippen molar-refractivity contribution < 1.29 is 36.3 Å². The molecule has 0 aliphatic heterocycles. The first-order valence-corrected chi connectivity index (χ1v) is 8.57. The van der Waals surface area contributed by atoms with Crippen LogP contribution in [0.4, 0.5) is 13.2 Å². The molecule has 0 aliphatic rings. The zero-order chi connectivity index (χ0) is 18.8. The molecule has 0 radical (unpaired) electrons. The first kappa shape index (κ1) is 23.9. The normalized spacial score (nSPS) is 13.2. The summed E-state index contributed by atoms with van der Waals surface area (Å²) in [4.78, 5) is 19.6. The summed E-state index contributed by atoms with van der Waals surface area (Å²) in [6.45, 7) is 3.87. The number of carboxylic acids is 1. The molecule has 0 heterocycles. The molecule has 0 aliphatic carbocycles. The lowest BCUT2D eigenvalue weighted by molar-refractivity contribution is -0.192. The Bertz CT molecular complexity index is 474. The van der Waals surface area contributed by atoms with Crippen molar-refractivity contribution in [3.63, 3.8) is 0 Å². The van der Waals surface area contributed by atoms with Gasteiger partial charge in [-0.05, 0) is 12.8 Å². The van der Waals surface area contributed by atoms with Crippen molar-refractivity contribution in [2.45, 2.75) is 57.0 Å². The summed E-state index contributed by atoms with van der Waals surface area (Å²) in [5, 5.41) is 6.73. The third-order valence-corrected chi connectivity index (χ3v) is 5.06. The molecule has 0 aromatic carbocycles. The Hall–Kier alpha value is -1.36. The SMILES string of the molecule is CCCC(CCC)S(=O)(=O)CC(N)C(N)=O.O=C(O)C(F)(F)F. The molecular formula is C12H23F3N2O5S. The van der Waals surface area contributed by atoms with Crippen LogP contribution in [-0.4, -0.2) is 48.6 Å². The molecule has 7 nitrogen and oxygen atoms in total. The Labute approximate surface area is 133 Å². The molecule has 1 atom stereocenters. The number of amides is 1. The maximum atomic E-state index is 11.9. The Morgan fingerprint density at radius 1 is 1.13 bits per heavy atom. The van der Waals surface area contributed by atoms with E-state index in [1.807, 2.05) is 13.8 Å². The van der Waals surface area contributed by atoms with Crippen molar-refractivity contribution in [3.05, 3.63) is 0 Å². The first-order chi connectivity index (χ1) is 10.3. The van der Waals surface area contributed by atoms with Gasteiger partial charge in [0, 0.05) is 0 Å². The van der Waals surface area contributed by atoms with E-state index in [0.717, 1.165) is 12.8 Å². The van der Waals surface area contributed by atoms with Gasteiger partial charge in [0.1, 0.15) is 0 Å². The molecule has 0 aromatic rings. The van der Waals surface area contributed by atoms with Crippen molar-refractivity contribution in [1.29, 1.82) is 0 Å². The van der Waals surface area contributed by atoms with Gasteiger partial charge in [0.2, 0.25) is 5.91 Å². The number of hydrogen-bond donors (Lipinski definition) is 3. The monoisotopic (exact) mass is 364 g/mol. The molecule has 0 aromatic heterocycles. The number of nitrogens with two attached hydrogens (primary N) is 2. The molecule has 11 heteroatoms. The van der Waals surface area contributed by atoms with Crippen molar-refractivity contribution >= 4 is 21.7 Å². The van der Waals surface area contributed by atoms with E-state index in [2.05, 4.69) is 0 Å². The van der Waals surface area contributed by atoms with E-state index < -0.39 is 39.2 Å². The molecule has 0 spiro atoms. The van der Waals surface area contributed by atoms with Crippen molar-refractivity contribution in [2.24, 2.45) is 11.5 Å². The Morgan fingerprint density at radius 3 is 1.70 bits per heavy atom. The number of hydrogen-bond acceptors (Lipinski definition) is 5. The smallest absolute Gasteiger partial charge is 0.475 e. The Morgan fingerprint density at radius 2 is 1.48 bits per heavy atom. The van der Waals surface area contributed by atoms with Crippen LogP contribution >= 0.6 is 0 Å². The van der Waals surface area contributed by atoms with Crippen LogP contribution in [0.3, 0.4) is 0 Å². The topological polar surface area (TPSA) is 141 Å². The largest absolute Gasteiger partial charge is 0.490 e. The van der Waals surface area contributed by atoms with Crippen molar-refractivity contribution in [3.8, 4) is 0 Å². The third kappa shape index (κ3) is 10.9. The summed E-state index contributed by atoms with van der Waals surface area (Å²) in [7, 11) is -3.32. The highest BCUT2D eigenvalue weighted by atomic mass is 32.2. The number of sulfone groups is 1. The summed E-state index contributed by atoms with van der Waals surface area (Å²) in [5.74, 6) is -3.87. The van der Waals surface area contributed by atoms with Gasteiger partial charge in [-0.1, -0.05) is 26.7 Å². The lowest BCUT2D eigenvalue weighted by Gasteiger charge is -2.17. The van der Waals surface area contributed by atoms with Gasteiger partial charge in [-0.15, -0.1) is 0 Å². The van der Waals surface area contributed by atoms with Gasteiger partial charge < -0.3 is 16.6 Å². The van der Waals surface area contributed by atoms with Gasteiger partial charge in [-0.3, -0.25) is 4.79 Å². The fourth-order valence-electron chi connectivity index (χ4n) is 1.62. The van der Waals surface area contributed by atoms with E-state index >= 15 is 0 Å². The standard InChI is InChI=1S/C10H22N2O3S.C2HF3O2/c1-3-5-8(6-4-2)16(14,15)7-9(11)10(12)13;3-2(4,5)1(6)7/h8-9H,3-7,11H2,1-2H3,(H2,12,13);(H,6,7). The lowest BCUT2D eigenvalue weighted by Crippen LogP contribution is -2.44. The highest BCUT2D eigenvalue weighted by molar-refractivity contribution is 7.92. The second-order valence-corrected chi connectivity index (χ2v) is 7.17. The van der Waals surface area contributed by atoms with E-state index in [1.165, 1.54) is 0 Å². The molecule has 138 valence electrons. The predicted octanol–water partition coefficient (Wildman–Crippen LogP) is 0.816. The third-order valence-electron chi connectivity index (χ3n) is 2.75. The van der Waals surface area contributed by atoms with Crippen LogP contribution in [0.25, 0.3) is 0 Å². The van der Waals surface area contributed by atoms with Crippen molar-refractivity contribution in [1.82, 2.24) is 0 Å². The minimum atomic E-state index is -5.08. The van der Waals surface area contributed by atoms with Gasteiger partial charge in [-0.25, -0.2) is 13.2 Å². The average molecular weight is 364 g/mol. The highest BCUT2D eigenvalue weighted by Crippen LogP contribution is 2.16. The fourth-order valence-corrected chi connectivity index (χ4v) is 3.74. The minimum absolute atomic E-state index is 0.340. The second-order valence-electron chi connectivity index (χ2n) is 4.84. The number of primary amides is 1. The molecule has 0 bridgehead atoms. The predicted molar refractivity (Wildman–Crippen MR) is 78.3 cm³/mol. The molecule has 1 amide bonds. The number of carboxylic acid groups (broad SMARTS) is 1. The van der Waals surface area contributed by atoms with Crippen LogP contribution in [0.15, 0.2) is 0 Å². The second kappa shape index (κ2) is 10.4. The van der Waals surface area contributed by atoms with Crippen LogP contribution in [0.5, 0.6) is 0 Å². The van der Waals surface area contributed by atoms with Crippen LogP contribution < -0.4 is 11.5 Å². The van der Waals surface area contributed by atoms with Gasteiger partial charge in [0.25, 0.3) is 0 Å². The number of aliphatic carboxylic acids is 1. The van der Waals surface area contributed by atoms with Gasteiger partial charge >= 0.3 is 12.1 Å². The van der Waals surface area contributed by atoms with Crippen LogP contribution in [0.1, 0.15) is 39.5 Å². The van der Waals surface area contributed by atoms with E-state index in [-0.39, 0.29) is 5.75 Å². The van der Waals surface area contributed by atoms with Crippen molar-refractivity contribution in [2.75, 3.05) is 5.75 Å². The minimum Gasteiger partial charge on any atom is -0.475 e. The maximum absolute atomic E-state index is 11.9. The first-order valence-electron chi connectivity index (χ1n) is 6.86. The number of rotatable bonds is 8. The zero-order valence-corrected chi connectivity index (χ0v) is 13.8. The Kier molecular flexibility index (Phi) is 10.8. The maximum Gasteiger partial charge on any atom is 0.490 e. The quantitative estimate of drug-likeness (QED) is 0.582. The van der Waals surface area contributed by atoms with E-state index in [9.17, 15) is 26.4 Å². The van der Waals surface area contributed by atoms with Crippen LogP contribution in [0.2, 0.25) is 0 Å². The fraction of sp³-hybridized carbons (Fsp3) is 0.833. The van der Waals surface area contributed by atoms with Gasteiger partial charge in [0.05, 0.1) is 17.0 Å². The molecule has 5 N–H and O–H groups in total. The Balaban J connectivity index is 0. The molecule has 1 unspecified atom stereocenters. The molecule has 0 fully saturated rings.